The number of nitrogens with one attached hydrogen (secondary N) is 1. The number of carbonyl (C=O) groups excluding carboxylic acids is 2. The normalized spacial score (nSPS) is 11.4. The summed E-state index contributed by atoms with van der Waals surface area (Å²) in [6.45, 7) is 2.56. The fraction of sp³-hybridized carbons (Fsp3) is 0.333. The van der Waals surface area contributed by atoms with Crippen LogP contribution in [-0.4, -0.2) is 50.1 Å². The van der Waals surface area contributed by atoms with Crippen molar-refractivity contribution in [2.24, 2.45) is 0 Å². The molecule has 0 aliphatic rings. The molecule has 0 spiro atoms. The van der Waals surface area contributed by atoms with Crippen molar-refractivity contribution >= 4 is 23.4 Å². The fourth-order valence-electron chi connectivity index (χ4n) is 3.94. The summed E-state index contributed by atoms with van der Waals surface area (Å²) in [4.78, 5) is 28.7. The summed E-state index contributed by atoms with van der Waals surface area (Å²) in [5.41, 5.74) is 1.81. The van der Waals surface area contributed by atoms with Crippen LogP contribution in [0.3, 0.4) is 0 Å². The van der Waals surface area contributed by atoms with Crippen LogP contribution in [-0.2, 0) is 22.6 Å². The van der Waals surface area contributed by atoms with Gasteiger partial charge in [0.05, 0.1) is 14.2 Å². The topological polar surface area (TPSA) is 77.1 Å². The lowest BCUT2D eigenvalue weighted by Gasteiger charge is -2.31. The molecule has 0 bridgehead atoms. The van der Waals surface area contributed by atoms with Gasteiger partial charge in [-0.3, -0.25) is 9.59 Å². The molecule has 1 atom stereocenters. The molecule has 3 aromatic rings. The van der Waals surface area contributed by atoms with E-state index >= 15 is 0 Å². The van der Waals surface area contributed by atoms with Crippen molar-refractivity contribution in [1.82, 2.24) is 10.2 Å². The first kappa shape index (κ1) is 28.9. The lowest BCUT2D eigenvalue weighted by molar-refractivity contribution is -0.142. The zero-order chi connectivity index (χ0) is 27.3. The molecule has 0 radical (unpaired) electrons. The van der Waals surface area contributed by atoms with Gasteiger partial charge in [-0.1, -0.05) is 67.4 Å². The van der Waals surface area contributed by atoms with Crippen LogP contribution in [0.25, 0.3) is 0 Å². The van der Waals surface area contributed by atoms with Crippen LogP contribution < -0.4 is 19.5 Å². The summed E-state index contributed by atoms with van der Waals surface area (Å²) in [5.74, 6) is 0.984. The van der Waals surface area contributed by atoms with Crippen molar-refractivity contribution in [1.29, 1.82) is 0 Å². The van der Waals surface area contributed by atoms with Crippen molar-refractivity contribution in [2.75, 3.05) is 27.4 Å². The van der Waals surface area contributed by atoms with Gasteiger partial charge in [0.2, 0.25) is 5.91 Å². The van der Waals surface area contributed by atoms with E-state index in [1.165, 1.54) is 0 Å². The minimum Gasteiger partial charge on any atom is -0.496 e. The van der Waals surface area contributed by atoms with E-state index in [2.05, 4.69) is 12.2 Å². The average Bonchev–Trinajstić information content (AvgIpc) is 2.95. The molecular weight excluding hydrogens is 504 g/mol. The molecular formula is C30H35ClN2O5. The van der Waals surface area contributed by atoms with Gasteiger partial charge in [0.15, 0.2) is 6.61 Å². The highest BCUT2D eigenvalue weighted by Crippen LogP contribution is 2.27. The van der Waals surface area contributed by atoms with Crippen LogP contribution in [0.4, 0.5) is 0 Å². The fourth-order valence-corrected chi connectivity index (χ4v) is 4.07. The van der Waals surface area contributed by atoms with Gasteiger partial charge in [-0.25, -0.2) is 0 Å². The van der Waals surface area contributed by atoms with E-state index in [0.717, 1.165) is 24.0 Å². The summed E-state index contributed by atoms with van der Waals surface area (Å²) in [5, 5.41) is 3.61. The lowest BCUT2D eigenvalue weighted by atomic mass is 10.0. The van der Waals surface area contributed by atoms with Gasteiger partial charge in [-0.05, 0) is 29.7 Å². The number of methoxy groups -OCH3 is 2. The second kappa shape index (κ2) is 14.9. The molecule has 3 rings (SSSR count). The quantitative estimate of drug-likeness (QED) is 0.282. The van der Waals surface area contributed by atoms with E-state index in [9.17, 15) is 9.59 Å². The first-order chi connectivity index (χ1) is 18.4. The summed E-state index contributed by atoms with van der Waals surface area (Å²) >= 11 is 6.08. The molecule has 0 saturated heterocycles. The number of benzene rings is 3. The van der Waals surface area contributed by atoms with Crippen LogP contribution in [0.1, 0.15) is 30.9 Å². The predicted molar refractivity (Wildman–Crippen MR) is 149 cm³/mol. The van der Waals surface area contributed by atoms with E-state index in [1.54, 1.807) is 49.5 Å². The molecule has 0 aromatic heterocycles. The van der Waals surface area contributed by atoms with Crippen molar-refractivity contribution in [3.63, 3.8) is 0 Å². The number of unbranched alkanes of at least 4 members (excludes halogenated alkanes) is 1. The third kappa shape index (κ3) is 8.70. The number of nitrogens with zero attached hydrogens (tertiary/aromatic N) is 1. The Kier molecular flexibility index (Phi) is 11.3. The molecule has 38 heavy (non-hydrogen) atoms. The molecule has 0 unspecified atom stereocenters. The number of carbonyl (C=O) groups is 2. The van der Waals surface area contributed by atoms with Crippen LogP contribution in [0.5, 0.6) is 17.2 Å². The Bertz CT molecular complexity index is 1150. The number of hydrogen-bond acceptors (Lipinski definition) is 5. The highest BCUT2D eigenvalue weighted by atomic mass is 35.5. The standard InChI is InChI=1S/C30H35ClN2O5/c1-4-5-15-32-30(35)28(16-22-9-7-6-8-10-22)33(20-23-11-13-24(31)14-12-23)29(34)21-38-27-18-25(36-2)17-26(19-27)37-3/h6-14,17-19,28H,4-5,15-16,20-21H2,1-3H3,(H,32,35)/t28-/m1/s1. The number of ether oxygens (including phenoxy) is 3. The van der Waals surface area contributed by atoms with Gasteiger partial charge < -0.3 is 24.4 Å². The van der Waals surface area contributed by atoms with Crippen molar-refractivity contribution in [3.05, 3.63) is 88.9 Å². The Morgan fingerprint density at radius 3 is 2.13 bits per heavy atom. The first-order valence-electron chi connectivity index (χ1n) is 12.6. The molecule has 7 nitrogen and oxygen atoms in total. The Labute approximate surface area is 229 Å². The number of amides is 2. The Morgan fingerprint density at radius 1 is 0.895 bits per heavy atom. The highest BCUT2D eigenvalue weighted by Gasteiger charge is 2.30. The SMILES string of the molecule is CCCCNC(=O)[C@@H](Cc1ccccc1)N(Cc1ccc(Cl)cc1)C(=O)COc1cc(OC)cc(OC)c1. The average molecular weight is 539 g/mol. The van der Waals surface area contributed by atoms with E-state index in [-0.39, 0.29) is 25.0 Å². The smallest absolute Gasteiger partial charge is 0.261 e. The van der Waals surface area contributed by atoms with Gasteiger partial charge >= 0.3 is 0 Å². The van der Waals surface area contributed by atoms with Crippen LogP contribution in [0.15, 0.2) is 72.8 Å². The first-order valence-corrected chi connectivity index (χ1v) is 13.0. The summed E-state index contributed by atoms with van der Waals surface area (Å²) in [6, 6.07) is 21.3. The predicted octanol–water partition coefficient (Wildman–Crippen LogP) is 5.29. The van der Waals surface area contributed by atoms with Gasteiger partial charge in [0, 0.05) is 42.7 Å². The molecule has 0 fully saturated rings. The second-order valence-electron chi connectivity index (χ2n) is 8.84. The molecule has 8 heteroatoms. The maximum Gasteiger partial charge on any atom is 0.261 e. The molecule has 0 heterocycles. The zero-order valence-electron chi connectivity index (χ0n) is 22.1. The van der Waals surface area contributed by atoms with Crippen molar-refractivity contribution in [2.45, 2.75) is 38.8 Å². The molecule has 3 aromatic carbocycles. The van der Waals surface area contributed by atoms with Gasteiger partial charge in [-0.15, -0.1) is 0 Å². The number of rotatable bonds is 14. The maximum atomic E-state index is 13.7. The van der Waals surface area contributed by atoms with Crippen LogP contribution in [0, 0.1) is 0 Å². The number of halogens is 1. The Hall–Kier alpha value is -3.71. The lowest BCUT2D eigenvalue weighted by Crippen LogP contribution is -2.51. The van der Waals surface area contributed by atoms with Crippen molar-refractivity contribution < 1.29 is 23.8 Å². The number of hydrogen-bond donors (Lipinski definition) is 1. The van der Waals surface area contributed by atoms with Crippen LogP contribution >= 0.6 is 11.6 Å². The van der Waals surface area contributed by atoms with Gasteiger partial charge in [0.1, 0.15) is 23.3 Å². The van der Waals surface area contributed by atoms with Gasteiger partial charge in [-0.2, -0.15) is 0 Å². The van der Waals surface area contributed by atoms with Gasteiger partial charge in [0.25, 0.3) is 5.91 Å². The Balaban J connectivity index is 1.89. The molecule has 2 amide bonds. The van der Waals surface area contributed by atoms with Crippen LogP contribution in [0.2, 0.25) is 5.02 Å². The van der Waals surface area contributed by atoms with E-state index < -0.39 is 6.04 Å². The highest BCUT2D eigenvalue weighted by molar-refractivity contribution is 6.30. The molecule has 0 aliphatic carbocycles. The summed E-state index contributed by atoms with van der Waals surface area (Å²) < 4.78 is 16.5. The third-order valence-electron chi connectivity index (χ3n) is 6.05. The molecule has 1 N–H and O–H groups in total. The third-order valence-corrected chi connectivity index (χ3v) is 6.31. The summed E-state index contributed by atoms with van der Waals surface area (Å²) in [6.07, 6.45) is 2.18. The molecule has 202 valence electrons. The molecule has 0 saturated carbocycles. The van der Waals surface area contributed by atoms with E-state index in [0.29, 0.717) is 35.2 Å². The zero-order valence-corrected chi connectivity index (χ0v) is 22.9. The largest absolute Gasteiger partial charge is 0.496 e. The second-order valence-corrected chi connectivity index (χ2v) is 9.27. The summed E-state index contributed by atoms with van der Waals surface area (Å²) in [7, 11) is 3.09. The minimum atomic E-state index is -0.735. The monoisotopic (exact) mass is 538 g/mol. The van der Waals surface area contributed by atoms with Crippen molar-refractivity contribution in [3.8, 4) is 17.2 Å². The minimum absolute atomic E-state index is 0.201. The molecule has 0 aliphatic heterocycles. The maximum absolute atomic E-state index is 13.7. The Morgan fingerprint density at radius 2 is 1.53 bits per heavy atom. The van der Waals surface area contributed by atoms with E-state index in [1.807, 2.05) is 42.5 Å². The van der Waals surface area contributed by atoms with E-state index in [4.69, 9.17) is 25.8 Å².